The van der Waals surface area contributed by atoms with Crippen LogP contribution in [0.25, 0.3) is 16.5 Å². The summed E-state index contributed by atoms with van der Waals surface area (Å²) in [7, 11) is 2.20. The van der Waals surface area contributed by atoms with E-state index < -0.39 is 0 Å². The number of aromatic nitrogens is 1. The molecule has 2 heterocycles. The van der Waals surface area contributed by atoms with Gasteiger partial charge in [0, 0.05) is 29.7 Å². The molecule has 0 fully saturated rings. The molecule has 1 aromatic heterocycles. The minimum Gasteiger partial charge on any atom is -0.366 e. The Labute approximate surface area is 131 Å². The molecular weight excluding hydrogens is 272 g/mol. The first-order chi connectivity index (χ1) is 10.6. The monoisotopic (exact) mass is 294 g/mol. The molecule has 1 aliphatic heterocycles. The lowest BCUT2D eigenvalue weighted by Gasteiger charge is -2.44. The normalized spacial score (nSPS) is 27.5. The molecule has 0 bridgehead atoms. The quantitative estimate of drug-likeness (QED) is 0.879. The third-order valence-electron chi connectivity index (χ3n) is 4.96. The molecular formula is C19H22N2O. The SMILES string of the molecule is C=CCO[C@]1(C)C=C2c3cccc4[nH]cc(c34)C[C@@H]2N(C)C1. The summed E-state index contributed by atoms with van der Waals surface area (Å²) in [6, 6.07) is 6.97. The molecule has 4 rings (SSSR count). The molecule has 2 aromatic rings. The van der Waals surface area contributed by atoms with E-state index in [0.717, 1.165) is 13.0 Å². The van der Waals surface area contributed by atoms with Crippen molar-refractivity contribution in [2.75, 3.05) is 20.2 Å². The Balaban J connectivity index is 1.87. The van der Waals surface area contributed by atoms with Crippen LogP contribution >= 0.6 is 0 Å². The van der Waals surface area contributed by atoms with Gasteiger partial charge in [-0.05, 0) is 49.2 Å². The number of fused-ring (bicyclic) bond motifs is 2. The first-order valence-corrected chi connectivity index (χ1v) is 7.88. The summed E-state index contributed by atoms with van der Waals surface area (Å²) in [6.45, 7) is 7.43. The number of rotatable bonds is 3. The molecule has 3 heteroatoms. The molecule has 2 aliphatic rings. The van der Waals surface area contributed by atoms with Crippen molar-refractivity contribution in [3.8, 4) is 0 Å². The third-order valence-corrected chi connectivity index (χ3v) is 4.96. The standard InChI is InChI=1S/C19H22N2O/c1-4-8-22-19(2)10-15-14-6-5-7-16-18(14)13(11-20-16)9-17(15)21(3)12-19/h4-7,10-11,17,20H,1,8-9,12H2,2-3H3/t17-,19+/m0/s1. The molecule has 1 N–H and O–H groups in total. The Morgan fingerprint density at radius 1 is 1.50 bits per heavy atom. The highest BCUT2D eigenvalue weighted by atomic mass is 16.5. The lowest BCUT2D eigenvalue weighted by atomic mass is 9.79. The molecule has 3 nitrogen and oxygen atoms in total. The van der Waals surface area contributed by atoms with Crippen molar-refractivity contribution in [1.29, 1.82) is 0 Å². The van der Waals surface area contributed by atoms with Crippen LogP contribution < -0.4 is 0 Å². The number of nitrogens with zero attached hydrogens (tertiary/aromatic N) is 1. The van der Waals surface area contributed by atoms with Crippen LogP contribution in [-0.2, 0) is 11.2 Å². The van der Waals surface area contributed by atoms with Crippen molar-refractivity contribution < 1.29 is 4.74 Å². The average molecular weight is 294 g/mol. The molecule has 0 radical (unpaired) electrons. The van der Waals surface area contributed by atoms with Gasteiger partial charge in [0.1, 0.15) is 0 Å². The first kappa shape index (κ1) is 13.8. The molecule has 0 spiro atoms. The number of hydrogen-bond acceptors (Lipinski definition) is 2. The van der Waals surface area contributed by atoms with Gasteiger partial charge in [0.2, 0.25) is 0 Å². The predicted octanol–water partition coefficient (Wildman–Crippen LogP) is 3.38. The average Bonchev–Trinajstić information content (AvgIpc) is 2.91. The molecule has 2 atom stereocenters. The Kier molecular flexibility index (Phi) is 3.03. The second-order valence-corrected chi connectivity index (χ2v) is 6.69. The van der Waals surface area contributed by atoms with Gasteiger partial charge in [-0.1, -0.05) is 18.2 Å². The van der Waals surface area contributed by atoms with Gasteiger partial charge in [-0.3, -0.25) is 4.90 Å². The highest BCUT2D eigenvalue weighted by Gasteiger charge is 2.38. The van der Waals surface area contributed by atoms with Crippen molar-refractivity contribution >= 4 is 16.5 Å². The molecule has 0 amide bonds. The van der Waals surface area contributed by atoms with Gasteiger partial charge in [0.05, 0.1) is 12.2 Å². The van der Waals surface area contributed by atoms with E-state index in [0.29, 0.717) is 12.6 Å². The maximum absolute atomic E-state index is 6.06. The summed E-state index contributed by atoms with van der Waals surface area (Å²) >= 11 is 0. The van der Waals surface area contributed by atoms with E-state index in [1.165, 1.54) is 27.6 Å². The summed E-state index contributed by atoms with van der Waals surface area (Å²) in [4.78, 5) is 5.83. The lowest BCUT2D eigenvalue weighted by Crippen LogP contribution is -2.50. The van der Waals surface area contributed by atoms with Crippen LogP contribution in [0.1, 0.15) is 18.1 Å². The number of H-pyrrole nitrogens is 1. The summed E-state index contributed by atoms with van der Waals surface area (Å²) in [6.07, 6.45) is 7.39. The van der Waals surface area contributed by atoms with E-state index in [2.05, 4.69) is 60.9 Å². The van der Waals surface area contributed by atoms with E-state index in [1.54, 1.807) is 0 Å². The van der Waals surface area contributed by atoms with Gasteiger partial charge in [-0.25, -0.2) is 0 Å². The van der Waals surface area contributed by atoms with Gasteiger partial charge in [0.25, 0.3) is 0 Å². The van der Waals surface area contributed by atoms with Gasteiger partial charge in [-0.2, -0.15) is 0 Å². The van der Waals surface area contributed by atoms with Gasteiger partial charge in [-0.15, -0.1) is 6.58 Å². The smallest absolute Gasteiger partial charge is 0.0971 e. The Morgan fingerprint density at radius 2 is 2.36 bits per heavy atom. The van der Waals surface area contributed by atoms with E-state index in [9.17, 15) is 0 Å². The van der Waals surface area contributed by atoms with Gasteiger partial charge in [0.15, 0.2) is 0 Å². The summed E-state index contributed by atoms with van der Waals surface area (Å²) < 4.78 is 6.06. The number of ether oxygens (including phenoxy) is 1. The fourth-order valence-corrected chi connectivity index (χ4v) is 4.04. The maximum atomic E-state index is 6.06. The highest BCUT2D eigenvalue weighted by molar-refractivity contribution is 5.98. The third kappa shape index (κ3) is 1.97. The minimum absolute atomic E-state index is 0.259. The second-order valence-electron chi connectivity index (χ2n) is 6.69. The summed E-state index contributed by atoms with van der Waals surface area (Å²) in [5, 5.41) is 1.38. The zero-order valence-corrected chi connectivity index (χ0v) is 13.2. The molecule has 1 aromatic carbocycles. The predicted molar refractivity (Wildman–Crippen MR) is 91.0 cm³/mol. The van der Waals surface area contributed by atoms with Crippen LogP contribution in [0.15, 0.2) is 43.1 Å². The van der Waals surface area contributed by atoms with Crippen molar-refractivity contribution in [1.82, 2.24) is 9.88 Å². The van der Waals surface area contributed by atoms with Gasteiger partial charge < -0.3 is 9.72 Å². The number of benzene rings is 1. The maximum Gasteiger partial charge on any atom is 0.0971 e. The van der Waals surface area contributed by atoms with Crippen LogP contribution in [0.3, 0.4) is 0 Å². The Bertz CT molecular complexity index is 773. The van der Waals surface area contributed by atoms with E-state index in [4.69, 9.17) is 4.74 Å². The minimum atomic E-state index is -0.259. The lowest BCUT2D eigenvalue weighted by molar-refractivity contribution is -0.00955. The molecule has 114 valence electrons. The topological polar surface area (TPSA) is 28.3 Å². The Morgan fingerprint density at radius 3 is 3.18 bits per heavy atom. The molecule has 0 unspecified atom stereocenters. The van der Waals surface area contributed by atoms with Crippen molar-refractivity contribution in [2.45, 2.75) is 25.0 Å². The van der Waals surface area contributed by atoms with E-state index in [-0.39, 0.29) is 5.60 Å². The van der Waals surface area contributed by atoms with Gasteiger partial charge >= 0.3 is 0 Å². The second kappa shape index (κ2) is 4.83. The van der Waals surface area contributed by atoms with E-state index >= 15 is 0 Å². The van der Waals surface area contributed by atoms with Crippen molar-refractivity contribution in [3.63, 3.8) is 0 Å². The molecule has 22 heavy (non-hydrogen) atoms. The van der Waals surface area contributed by atoms with E-state index in [1.807, 2.05) is 6.08 Å². The molecule has 0 saturated heterocycles. The fourth-order valence-electron chi connectivity index (χ4n) is 4.04. The number of nitrogens with one attached hydrogen (secondary N) is 1. The first-order valence-electron chi connectivity index (χ1n) is 7.88. The van der Waals surface area contributed by atoms with Crippen molar-refractivity contribution in [2.24, 2.45) is 0 Å². The zero-order chi connectivity index (χ0) is 15.3. The van der Waals surface area contributed by atoms with Crippen molar-refractivity contribution in [3.05, 3.63) is 54.3 Å². The highest BCUT2D eigenvalue weighted by Crippen LogP contribution is 2.42. The largest absolute Gasteiger partial charge is 0.366 e. The number of likely N-dealkylation sites (N-methyl/N-ethyl adjacent to an activating group) is 1. The molecule has 1 aliphatic carbocycles. The molecule has 0 saturated carbocycles. The summed E-state index contributed by atoms with van der Waals surface area (Å²) in [5.41, 5.74) is 5.15. The van der Waals surface area contributed by atoms with Crippen LogP contribution in [0, 0.1) is 0 Å². The number of hydrogen-bond donors (Lipinski definition) is 1. The zero-order valence-electron chi connectivity index (χ0n) is 13.2. The van der Waals surface area contributed by atoms with Crippen LogP contribution in [-0.4, -0.2) is 41.7 Å². The Hall–Kier alpha value is -1.84. The summed E-state index contributed by atoms with van der Waals surface area (Å²) in [5.74, 6) is 0. The fraction of sp³-hybridized carbons (Fsp3) is 0.368. The van der Waals surface area contributed by atoms with Crippen LogP contribution in [0.2, 0.25) is 0 Å². The van der Waals surface area contributed by atoms with Crippen LogP contribution in [0.4, 0.5) is 0 Å². The van der Waals surface area contributed by atoms with Crippen LogP contribution in [0.5, 0.6) is 0 Å². The number of aromatic amines is 1.